The van der Waals surface area contributed by atoms with E-state index in [9.17, 15) is 9.18 Å². The Morgan fingerprint density at radius 2 is 2.04 bits per heavy atom. The first kappa shape index (κ1) is 15.3. The van der Waals surface area contributed by atoms with Crippen LogP contribution >= 0.6 is 11.3 Å². The van der Waals surface area contributed by atoms with Gasteiger partial charge in [-0.15, -0.1) is 11.3 Å². The highest BCUT2D eigenvalue weighted by molar-refractivity contribution is 7.09. The minimum atomic E-state index is -0.354. The predicted molar refractivity (Wildman–Crippen MR) is 87.8 cm³/mol. The van der Waals surface area contributed by atoms with Gasteiger partial charge in [-0.2, -0.15) is 0 Å². The maximum absolute atomic E-state index is 12.8. The van der Waals surface area contributed by atoms with E-state index in [2.05, 4.69) is 15.3 Å². The lowest BCUT2D eigenvalue weighted by Crippen LogP contribution is -2.25. The summed E-state index contributed by atoms with van der Waals surface area (Å²) in [7, 11) is 0. The van der Waals surface area contributed by atoms with Gasteiger partial charge in [-0.1, -0.05) is 0 Å². The molecule has 0 unspecified atom stereocenters. The summed E-state index contributed by atoms with van der Waals surface area (Å²) in [5, 5.41) is 5.74. The molecular weight excluding hydrogens is 313 g/mol. The molecule has 0 atom stereocenters. The van der Waals surface area contributed by atoms with Crippen molar-refractivity contribution in [3.8, 4) is 11.3 Å². The molecule has 0 saturated carbocycles. The molecule has 0 bridgehead atoms. The molecule has 1 N–H and O–H groups in total. The topological polar surface area (TPSA) is 54.9 Å². The molecule has 0 spiro atoms. The number of hydrogen-bond acceptors (Lipinski definition) is 4. The Morgan fingerprint density at radius 1 is 1.22 bits per heavy atom. The van der Waals surface area contributed by atoms with E-state index < -0.39 is 0 Å². The third kappa shape index (κ3) is 3.98. The van der Waals surface area contributed by atoms with Gasteiger partial charge in [0.05, 0.1) is 10.7 Å². The van der Waals surface area contributed by atoms with Crippen LogP contribution in [0.1, 0.15) is 15.4 Å². The molecule has 4 nitrogen and oxygen atoms in total. The van der Waals surface area contributed by atoms with Crippen molar-refractivity contribution < 1.29 is 9.18 Å². The van der Waals surface area contributed by atoms with Crippen LogP contribution < -0.4 is 5.32 Å². The summed E-state index contributed by atoms with van der Waals surface area (Å²) < 4.78 is 12.8. The number of carbonyl (C=O) groups excluding carboxylic acids is 1. The maximum atomic E-state index is 12.8. The van der Waals surface area contributed by atoms with E-state index >= 15 is 0 Å². The second-order valence-electron chi connectivity index (χ2n) is 4.88. The molecule has 0 aliphatic carbocycles. The zero-order chi connectivity index (χ0) is 16.1. The van der Waals surface area contributed by atoms with Crippen molar-refractivity contribution in [2.45, 2.75) is 6.42 Å². The van der Waals surface area contributed by atoms with Gasteiger partial charge < -0.3 is 5.32 Å². The van der Waals surface area contributed by atoms with Gasteiger partial charge in [0, 0.05) is 41.9 Å². The number of aromatic nitrogens is 2. The zero-order valence-electron chi connectivity index (χ0n) is 12.2. The number of amides is 1. The molecule has 2 heterocycles. The number of hydrogen-bond donors (Lipinski definition) is 1. The summed E-state index contributed by atoms with van der Waals surface area (Å²) in [6.07, 6.45) is 4.15. The van der Waals surface area contributed by atoms with Crippen molar-refractivity contribution in [1.82, 2.24) is 15.3 Å². The van der Waals surface area contributed by atoms with Crippen LogP contribution in [0.15, 0.2) is 54.2 Å². The number of halogens is 1. The summed E-state index contributed by atoms with van der Waals surface area (Å²) in [4.78, 5) is 20.5. The SMILES string of the molecule is O=C(NCCc1nc(-c2cccnc2)cs1)c1ccc(F)cc1. The number of rotatable bonds is 5. The molecule has 3 aromatic rings. The third-order valence-electron chi connectivity index (χ3n) is 3.24. The molecule has 0 aliphatic rings. The molecule has 0 saturated heterocycles. The first-order valence-corrected chi connectivity index (χ1v) is 7.99. The van der Waals surface area contributed by atoms with Crippen LogP contribution in [0.3, 0.4) is 0 Å². The number of nitrogens with zero attached hydrogens (tertiary/aromatic N) is 2. The van der Waals surface area contributed by atoms with Gasteiger partial charge in [-0.05, 0) is 36.4 Å². The summed E-state index contributed by atoms with van der Waals surface area (Å²) in [5.41, 5.74) is 2.31. The minimum absolute atomic E-state index is 0.214. The summed E-state index contributed by atoms with van der Waals surface area (Å²) >= 11 is 1.55. The van der Waals surface area contributed by atoms with Crippen molar-refractivity contribution in [1.29, 1.82) is 0 Å². The number of carbonyl (C=O) groups is 1. The van der Waals surface area contributed by atoms with E-state index in [-0.39, 0.29) is 11.7 Å². The summed E-state index contributed by atoms with van der Waals surface area (Å²) in [6, 6.07) is 9.31. The largest absolute Gasteiger partial charge is 0.352 e. The Morgan fingerprint density at radius 3 is 2.78 bits per heavy atom. The van der Waals surface area contributed by atoms with E-state index in [1.54, 1.807) is 23.7 Å². The standard InChI is InChI=1S/C17H14FN3OS/c18-14-5-3-12(4-6-14)17(22)20-9-7-16-21-15(11-23-16)13-2-1-8-19-10-13/h1-6,8,10-11H,7,9H2,(H,20,22). The second kappa shape index (κ2) is 7.11. The third-order valence-corrected chi connectivity index (χ3v) is 4.15. The van der Waals surface area contributed by atoms with Gasteiger partial charge in [0.25, 0.3) is 5.91 Å². The highest BCUT2D eigenvalue weighted by Gasteiger charge is 2.07. The molecule has 0 radical (unpaired) electrons. The van der Waals surface area contributed by atoms with Crippen molar-refractivity contribution >= 4 is 17.2 Å². The molecule has 23 heavy (non-hydrogen) atoms. The first-order valence-electron chi connectivity index (χ1n) is 7.11. The lowest BCUT2D eigenvalue weighted by molar-refractivity contribution is 0.0954. The molecule has 0 aliphatic heterocycles. The molecule has 1 amide bonds. The molecule has 116 valence electrons. The highest BCUT2D eigenvalue weighted by Crippen LogP contribution is 2.20. The zero-order valence-corrected chi connectivity index (χ0v) is 13.0. The average Bonchev–Trinajstić information content (AvgIpc) is 3.05. The molecule has 1 aromatic carbocycles. The molecule has 3 rings (SSSR count). The molecule has 0 fully saturated rings. The Labute approximate surface area is 137 Å². The van der Waals surface area contributed by atoms with E-state index in [4.69, 9.17) is 0 Å². The fraction of sp³-hybridized carbons (Fsp3) is 0.118. The van der Waals surface area contributed by atoms with Crippen LogP contribution in [-0.2, 0) is 6.42 Å². The minimum Gasteiger partial charge on any atom is -0.352 e. The lowest BCUT2D eigenvalue weighted by Gasteiger charge is -2.03. The number of pyridine rings is 1. The van der Waals surface area contributed by atoms with Crippen molar-refractivity contribution in [2.24, 2.45) is 0 Å². The second-order valence-corrected chi connectivity index (χ2v) is 5.82. The van der Waals surface area contributed by atoms with Crippen LogP contribution in [0.4, 0.5) is 4.39 Å². The predicted octanol–water partition coefficient (Wildman–Crippen LogP) is 3.32. The number of nitrogens with one attached hydrogen (secondary N) is 1. The maximum Gasteiger partial charge on any atom is 0.251 e. The molecule has 2 aromatic heterocycles. The lowest BCUT2D eigenvalue weighted by atomic mass is 10.2. The van der Waals surface area contributed by atoms with Crippen molar-refractivity contribution in [3.05, 3.63) is 70.6 Å². The Kier molecular flexibility index (Phi) is 4.73. The van der Waals surface area contributed by atoms with Crippen LogP contribution in [0.2, 0.25) is 0 Å². The Hall–Kier alpha value is -2.60. The van der Waals surface area contributed by atoms with Crippen molar-refractivity contribution in [3.63, 3.8) is 0 Å². The van der Waals surface area contributed by atoms with Gasteiger partial charge in [0.15, 0.2) is 0 Å². The smallest absolute Gasteiger partial charge is 0.251 e. The fourth-order valence-corrected chi connectivity index (χ4v) is 2.87. The van der Waals surface area contributed by atoms with Gasteiger partial charge in [-0.25, -0.2) is 9.37 Å². The van der Waals surface area contributed by atoms with Gasteiger partial charge in [0.2, 0.25) is 0 Å². The van der Waals surface area contributed by atoms with E-state index in [0.717, 1.165) is 16.3 Å². The number of thiazole rings is 1. The van der Waals surface area contributed by atoms with Crippen LogP contribution in [0.5, 0.6) is 0 Å². The van der Waals surface area contributed by atoms with Gasteiger partial charge in [-0.3, -0.25) is 9.78 Å². The van der Waals surface area contributed by atoms with E-state index in [1.807, 2.05) is 17.5 Å². The Balaban J connectivity index is 1.54. The molecule has 6 heteroatoms. The molecular formula is C17H14FN3OS. The van der Waals surface area contributed by atoms with Crippen LogP contribution in [0.25, 0.3) is 11.3 Å². The van der Waals surface area contributed by atoms with Crippen LogP contribution in [-0.4, -0.2) is 22.4 Å². The summed E-state index contributed by atoms with van der Waals surface area (Å²) in [6.45, 7) is 0.482. The highest BCUT2D eigenvalue weighted by atomic mass is 32.1. The van der Waals surface area contributed by atoms with Crippen LogP contribution in [0, 0.1) is 5.82 Å². The van der Waals surface area contributed by atoms with Gasteiger partial charge >= 0.3 is 0 Å². The average molecular weight is 327 g/mol. The van der Waals surface area contributed by atoms with E-state index in [1.165, 1.54) is 24.3 Å². The van der Waals surface area contributed by atoms with Crippen molar-refractivity contribution in [2.75, 3.05) is 6.54 Å². The number of benzene rings is 1. The fourth-order valence-electron chi connectivity index (χ4n) is 2.06. The monoisotopic (exact) mass is 327 g/mol. The Bertz CT molecular complexity index is 787. The van der Waals surface area contributed by atoms with Gasteiger partial charge in [0.1, 0.15) is 5.82 Å². The van der Waals surface area contributed by atoms with E-state index in [0.29, 0.717) is 18.5 Å². The summed E-state index contributed by atoms with van der Waals surface area (Å²) in [5.74, 6) is -0.568. The normalized spacial score (nSPS) is 10.5. The quantitative estimate of drug-likeness (QED) is 0.782. The first-order chi connectivity index (χ1) is 11.2.